The number of hydrogen-bond acceptors (Lipinski definition) is 5. The molecule has 0 aliphatic carbocycles. The number of amides is 1. The van der Waals surface area contributed by atoms with Crippen molar-refractivity contribution >= 4 is 23.1 Å². The quantitative estimate of drug-likeness (QED) is 0.871. The van der Waals surface area contributed by atoms with Crippen molar-refractivity contribution in [3.05, 3.63) is 42.4 Å². The number of aromatic nitrogens is 2. The van der Waals surface area contributed by atoms with Gasteiger partial charge in [0.05, 0.1) is 0 Å². The fourth-order valence-electron chi connectivity index (χ4n) is 3.98. The molecule has 1 N–H and O–H groups in total. The van der Waals surface area contributed by atoms with Crippen molar-refractivity contribution in [2.45, 2.75) is 39.0 Å². The number of hydrogen-bond donors (Lipinski definition) is 1. The molecule has 1 aromatic heterocycles. The van der Waals surface area contributed by atoms with Crippen LogP contribution in [0.25, 0.3) is 0 Å². The van der Waals surface area contributed by atoms with Crippen molar-refractivity contribution in [2.24, 2.45) is 5.92 Å². The van der Waals surface area contributed by atoms with Gasteiger partial charge in [-0.1, -0.05) is 6.92 Å². The molecular weight excluding hydrogens is 350 g/mol. The standard InChI is InChI=1S/C22H29N5O/c1-17-9-13-26(14-10-17)19-7-5-18(6-8-19)25-22(28)20-15-21(24-16-23-20)27-11-3-2-4-12-27/h5-8,15-17H,2-4,9-14H2,1H3,(H,25,28). The van der Waals surface area contributed by atoms with Gasteiger partial charge in [0, 0.05) is 43.6 Å². The van der Waals surface area contributed by atoms with E-state index < -0.39 is 0 Å². The molecule has 2 fully saturated rings. The zero-order valence-electron chi connectivity index (χ0n) is 16.6. The fraction of sp³-hybridized carbons (Fsp3) is 0.500. The van der Waals surface area contributed by atoms with Gasteiger partial charge in [0.25, 0.3) is 5.91 Å². The summed E-state index contributed by atoms with van der Waals surface area (Å²) in [7, 11) is 0. The molecule has 148 valence electrons. The second-order valence-electron chi connectivity index (χ2n) is 7.98. The van der Waals surface area contributed by atoms with Gasteiger partial charge in [-0.15, -0.1) is 0 Å². The summed E-state index contributed by atoms with van der Waals surface area (Å²) in [5.74, 6) is 1.47. The number of anilines is 3. The second kappa shape index (κ2) is 8.59. The Morgan fingerprint density at radius 2 is 1.68 bits per heavy atom. The van der Waals surface area contributed by atoms with Crippen LogP contribution in [0.15, 0.2) is 36.7 Å². The van der Waals surface area contributed by atoms with E-state index in [0.717, 1.165) is 43.6 Å². The van der Waals surface area contributed by atoms with Crippen LogP contribution >= 0.6 is 0 Å². The van der Waals surface area contributed by atoms with Gasteiger partial charge in [-0.3, -0.25) is 4.79 Å². The van der Waals surface area contributed by atoms with Gasteiger partial charge in [-0.05, 0) is 62.3 Å². The molecule has 1 amide bonds. The van der Waals surface area contributed by atoms with Crippen molar-refractivity contribution < 1.29 is 4.79 Å². The van der Waals surface area contributed by atoms with Gasteiger partial charge >= 0.3 is 0 Å². The number of nitrogens with zero attached hydrogens (tertiary/aromatic N) is 4. The van der Waals surface area contributed by atoms with Crippen molar-refractivity contribution in [2.75, 3.05) is 41.3 Å². The van der Waals surface area contributed by atoms with E-state index in [0.29, 0.717) is 5.69 Å². The first-order chi connectivity index (χ1) is 13.7. The molecule has 1 aromatic carbocycles. The first-order valence-electron chi connectivity index (χ1n) is 10.4. The minimum atomic E-state index is -0.194. The van der Waals surface area contributed by atoms with Crippen LogP contribution in [0.2, 0.25) is 0 Å². The molecule has 6 nitrogen and oxygen atoms in total. The molecule has 3 heterocycles. The summed E-state index contributed by atoms with van der Waals surface area (Å²) in [6, 6.07) is 9.91. The fourth-order valence-corrected chi connectivity index (χ4v) is 3.98. The maximum absolute atomic E-state index is 12.6. The SMILES string of the molecule is CC1CCN(c2ccc(NC(=O)c3cc(N4CCCCC4)ncn3)cc2)CC1. The van der Waals surface area contributed by atoms with E-state index in [2.05, 4.69) is 44.1 Å². The summed E-state index contributed by atoms with van der Waals surface area (Å²) in [5, 5.41) is 2.96. The summed E-state index contributed by atoms with van der Waals surface area (Å²) in [6.45, 7) is 6.52. The molecule has 0 spiro atoms. The van der Waals surface area contributed by atoms with Crippen LogP contribution in [0.3, 0.4) is 0 Å². The normalized spacial score (nSPS) is 18.2. The smallest absolute Gasteiger partial charge is 0.274 e. The van der Waals surface area contributed by atoms with Gasteiger partial charge in [0.1, 0.15) is 17.8 Å². The molecule has 2 aliphatic heterocycles. The molecule has 0 atom stereocenters. The summed E-state index contributed by atoms with van der Waals surface area (Å²) >= 11 is 0. The first kappa shape index (κ1) is 18.7. The first-order valence-corrected chi connectivity index (χ1v) is 10.4. The highest BCUT2D eigenvalue weighted by molar-refractivity contribution is 6.03. The lowest BCUT2D eigenvalue weighted by molar-refractivity contribution is 0.102. The highest BCUT2D eigenvalue weighted by Gasteiger charge is 2.17. The van der Waals surface area contributed by atoms with Crippen LogP contribution in [0.4, 0.5) is 17.2 Å². The molecular formula is C22H29N5O. The Bertz CT molecular complexity index is 793. The van der Waals surface area contributed by atoms with Gasteiger partial charge in [0.15, 0.2) is 0 Å². The molecule has 2 aliphatic rings. The molecule has 2 saturated heterocycles. The predicted molar refractivity (Wildman–Crippen MR) is 113 cm³/mol. The number of nitrogens with one attached hydrogen (secondary N) is 1. The van der Waals surface area contributed by atoms with Gasteiger partial charge in [-0.2, -0.15) is 0 Å². The number of carbonyl (C=O) groups is 1. The zero-order chi connectivity index (χ0) is 19.3. The van der Waals surface area contributed by atoms with E-state index in [1.165, 1.54) is 44.1 Å². The van der Waals surface area contributed by atoms with E-state index in [-0.39, 0.29) is 5.91 Å². The number of carbonyl (C=O) groups excluding carboxylic acids is 1. The van der Waals surface area contributed by atoms with Crippen LogP contribution in [0, 0.1) is 5.92 Å². The third-order valence-corrected chi connectivity index (χ3v) is 5.84. The van der Waals surface area contributed by atoms with Crippen molar-refractivity contribution in [1.29, 1.82) is 0 Å². The summed E-state index contributed by atoms with van der Waals surface area (Å²) in [5.41, 5.74) is 2.42. The Balaban J connectivity index is 1.39. The Morgan fingerprint density at radius 3 is 2.39 bits per heavy atom. The lowest BCUT2D eigenvalue weighted by Gasteiger charge is -2.32. The highest BCUT2D eigenvalue weighted by Crippen LogP contribution is 2.24. The van der Waals surface area contributed by atoms with E-state index >= 15 is 0 Å². The van der Waals surface area contributed by atoms with Crippen molar-refractivity contribution in [3.63, 3.8) is 0 Å². The third kappa shape index (κ3) is 4.43. The Hall–Kier alpha value is -2.63. The van der Waals surface area contributed by atoms with Crippen LogP contribution < -0.4 is 15.1 Å². The van der Waals surface area contributed by atoms with Crippen molar-refractivity contribution in [3.8, 4) is 0 Å². The number of rotatable bonds is 4. The van der Waals surface area contributed by atoms with Crippen LogP contribution in [-0.4, -0.2) is 42.1 Å². The Kier molecular flexibility index (Phi) is 5.74. The van der Waals surface area contributed by atoms with Gasteiger partial charge < -0.3 is 15.1 Å². The highest BCUT2D eigenvalue weighted by atomic mass is 16.1. The number of benzene rings is 1. The molecule has 2 aromatic rings. The molecule has 0 unspecified atom stereocenters. The second-order valence-corrected chi connectivity index (χ2v) is 7.98. The minimum absolute atomic E-state index is 0.194. The molecule has 28 heavy (non-hydrogen) atoms. The lowest BCUT2D eigenvalue weighted by Crippen LogP contribution is -2.32. The molecule has 0 saturated carbocycles. The zero-order valence-corrected chi connectivity index (χ0v) is 16.6. The molecule has 0 radical (unpaired) electrons. The topological polar surface area (TPSA) is 61.4 Å². The third-order valence-electron chi connectivity index (χ3n) is 5.84. The summed E-state index contributed by atoms with van der Waals surface area (Å²) < 4.78 is 0. The van der Waals surface area contributed by atoms with E-state index in [4.69, 9.17) is 0 Å². The maximum Gasteiger partial charge on any atom is 0.274 e. The Morgan fingerprint density at radius 1 is 0.964 bits per heavy atom. The van der Waals surface area contributed by atoms with E-state index in [9.17, 15) is 4.79 Å². The van der Waals surface area contributed by atoms with E-state index in [1.54, 1.807) is 6.07 Å². The summed E-state index contributed by atoms with van der Waals surface area (Å²) in [6.07, 6.45) is 7.58. The Labute approximate surface area is 167 Å². The average Bonchev–Trinajstić information content (AvgIpc) is 2.76. The molecule has 6 heteroatoms. The van der Waals surface area contributed by atoms with Crippen LogP contribution in [0.1, 0.15) is 49.5 Å². The van der Waals surface area contributed by atoms with Gasteiger partial charge in [-0.25, -0.2) is 9.97 Å². The predicted octanol–water partition coefficient (Wildman–Crippen LogP) is 3.96. The average molecular weight is 380 g/mol. The minimum Gasteiger partial charge on any atom is -0.372 e. The van der Waals surface area contributed by atoms with Crippen molar-refractivity contribution in [1.82, 2.24) is 9.97 Å². The van der Waals surface area contributed by atoms with Crippen LogP contribution in [-0.2, 0) is 0 Å². The number of piperidine rings is 2. The maximum atomic E-state index is 12.6. The lowest BCUT2D eigenvalue weighted by atomic mass is 9.99. The van der Waals surface area contributed by atoms with E-state index in [1.807, 2.05) is 12.1 Å². The summed E-state index contributed by atoms with van der Waals surface area (Å²) in [4.78, 5) is 25.8. The molecule has 0 bridgehead atoms. The monoisotopic (exact) mass is 379 g/mol. The van der Waals surface area contributed by atoms with Gasteiger partial charge in [0.2, 0.25) is 0 Å². The molecule has 4 rings (SSSR count). The van der Waals surface area contributed by atoms with Crippen LogP contribution in [0.5, 0.6) is 0 Å². The largest absolute Gasteiger partial charge is 0.372 e.